The molecule has 1 aliphatic carbocycles. The second-order valence-electron chi connectivity index (χ2n) is 9.05. The molecule has 0 spiro atoms. The summed E-state index contributed by atoms with van der Waals surface area (Å²) in [6.45, 7) is 7.96. The first-order valence-corrected chi connectivity index (χ1v) is 13.2. The van der Waals surface area contributed by atoms with Gasteiger partial charge in [-0.3, -0.25) is 4.79 Å². The van der Waals surface area contributed by atoms with Crippen LogP contribution in [0.4, 0.5) is 0 Å². The molecule has 6 nitrogen and oxygen atoms in total. The molecule has 1 atom stereocenters. The van der Waals surface area contributed by atoms with E-state index in [-0.39, 0.29) is 17.6 Å². The Bertz CT molecular complexity index is 1360. The molecular formula is C29H31N3O3S. The first-order chi connectivity index (χ1) is 17.3. The number of hydrogen-bond acceptors (Lipinski definition) is 5. The zero-order valence-corrected chi connectivity index (χ0v) is 22.0. The van der Waals surface area contributed by atoms with Gasteiger partial charge in [0.05, 0.1) is 18.2 Å². The summed E-state index contributed by atoms with van der Waals surface area (Å²) in [6, 6.07) is 13.4. The molecule has 0 saturated heterocycles. The van der Waals surface area contributed by atoms with Gasteiger partial charge in [-0.15, -0.1) is 11.3 Å². The molecule has 0 saturated carbocycles. The fourth-order valence-corrected chi connectivity index (χ4v) is 6.26. The first-order valence-electron chi connectivity index (χ1n) is 12.3. The van der Waals surface area contributed by atoms with Gasteiger partial charge < -0.3 is 14.6 Å². The van der Waals surface area contributed by atoms with Crippen LogP contribution in [-0.4, -0.2) is 23.1 Å². The van der Waals surface area contributed by atoms with Crippen molar-refractivity contribution in [2.24, 2.45) is 0 Å². The molecule has 4 rings (SSSR count). The highest BCUT2D eigenvalue weighted by molar-refractivity contribution is 7.15. The Balaban J connectivity index is 1.70. The zero-order valence-electron chi connectivity index (χ0n) is 21.2. The summed E-state index contributed by atoms with van der Waals surface area (Å²) in [6.07, 6.45) is 5.66. The van der Waals surface area contributed by atoms with Crippen molar-refractivity contribution < 1.29 is 14.3 Å². The van der Waals surface area contributed by atoms with Crippen LogP contribution >= 0.6 is 11.3 Å². The molecule has 1 amide bonds. The Hall–Kier alpha value is -3.63. The summed E-state index contributed by atoms with van der Waals surface area (Å²) in [5.41, 5.74) is 5.34. The molecule has 186 valence electrons. The number of aromatic nitrogens is 1. The van der Waals surface area contributed by atoms with Crippen molar-refractivity contribution in [2.75, 3.05) is 6.61 Å². The number of benzene rings is 1. The van der Waals surface area contributed by atoms with Gasteiger partial charge in [0.2, 0.25) is 0 Å². The smallest absolute Gasteiger partial charge is 0.341 e. The molecule has 0 fully saturated rings. The van der Waals surface area contributed by atoms with Crippen molar-refractivity contribution in [2.45, 2.75) is 59.4 Å². The molecule has 0 radical (unpaired) electrons. The third kappa shape index (κ3) is 5.00. The number of amides is 1. The van der Waals surface area contributed by atoms with Gasteiger partial charge in [0.1, 0.15) is 16.6 Å². The van der Waals surface area contributed by atoms with Crippen LogP contribution in [0, 0.1) is 25.2 Å². The molecule has 0 bridgehead atoms. The SMILES string of the molecule is CCOC(=O)c1c(-n2c(C)cc(/C=C(\C#N)C(=O)N[C@@H](C)c3ccccc3)c2C)sc2c1CCCC2. The van der Waals surface area contributed by atoms with Gasteiger partial charge in [-0.05, 0) is 82.2 Å². The number of rotatable bonds is 7. The highest BCUT2D eigenvalue weighted by Gasteiger charge is 2.29. The number of fused-ring (bicyclic) bond motifs is 1. The predicted molar refractivity (Wildman–Crippen MR) is 142 cm³/mol. The zero-order chi connectivity index (χ0) is 25.8. The number of ether oxygens (including phenoxy) is 1. The Labute approximate surface area is 216 Å². The number of carbonyl (C=O) groups is 2. The Kier molecular flexibility index (Phi) is 7.76. The summed E-state index contributed by atoms with van der Waals surface area (Å²) in [7, 11) is 0. The van der Waals surface area contributed by atoms with E-state index in [2.05, 4.69) is 16.0 Å². The van der Waals surface area contributed by atoms with Crippen LogP contribution in [0.1, 0.15) is 76.0 Å². The minimum Gasteiger partial charge on any atom is -0.462 e. The topological polar surface area (TPSA) is 84.1 Å². The van der Waals surface area contributed by atoms with E-state index in [0.717, 1.165) is 58.8 Å². The average molecular weight is 502 g/mol. The van der Waals surface area contributed by atoms with E-state index < -0.39 is 5.91 Å². The van der Waals surface area contributed by atoms with Crippen LogP contribution in [-0.2, 0) is 22.4 Å². The van der Waals surface area contributed by atoms with Gasteiger partial charge in [0.15, 0.2) is 0 Å². The number of nitrogens with zero attached hydrogens (tertiary/aromatic N) is 2. The Morgan fingerprint density at radius 2 is 1.94 bits per heavy atom. The largest absolute Gasteiger partial charge is 0.462 e. The van der Waals surface area contributed by atoms with Gasteiger partial charge in [-0.1, -0.05) is 30.3 Å². The maximum absolute atomic E-state index is 13.0. The molecule has 1 N–H and O–H groups in total. The molecule has 2 heterocycles. The highest BCUT2D eigenvalue weighted by atomic mass is 32.1. The lowest BCUT2D eigenvalue weighted by molar-refractivity contribution is -0.117. The number of esters is 1. The van der Waals surface area contributed by atoms with Crippen LogP contribution in [0.5, 0.6) is 0 Å². The molecule has 36 heavy (non-hydrogen) atoms. The molecular weight excluding hydrogens is 470 g/mol. The minimum atomic E-state index is -0.419. The summed E-state index contributed by atoms with van der Waals surface area (Å²) >= 11 is 1.65. The molecule has 0 aliphatic heterocycles. The third-order valence-corrected chi connectivity index (χ3v) is 7.89. The number of nitriles is 1. The molecule has 0 unspecified atom stereocenters. The maximum atomic E-state index is 13.0. The second kappa shape index (κ2) is 11.0. The highest BCUT2D eigenvalue weighted by Crippen LogP contribution is 2.39. The average Bonchev–Trinajstić information content (AvgIpc) is 3.38. The summed E-state index contributed by atoms with van der Waals surface area (Å²) in [4.78, 5) is 27.2. The Morgan fingerprint density at radius 3 is 2.64 bits per heavy atom. The fourth-order valence-electron chi connectivity index (χ4n) is 4.77. The van der Waals surface area contributed by atoms with Crippen molar-refractivity contribution in [3.63, 3.8) is 0 Å². The normalized spacial score (nSPS) is 14.0. The Morgan fingerprint density at radius 1 is 1.22 bits per heavy atom. The van der Waals surface area contributed by atoms with Crippen molar-refractivity contribution in [3.05, 3.63) is 80.5 Å². The lowest BCUT2D eigenvalue weighted by atomic mass is 9.95. The number of hydrogen-bond donors (Lipinski definition) is 1. The van der Waals surface area contributed by atoms with Gasteiger partial charge in [0.25, 0.3) is 5.91 Å². The summed E-state index contributed by atoms with van der Waals surface area (Å²) in [5.74, 6) is -0.707. The van der Waals surface area contributed by atoms with E-state index in [0.29, 0.717) is 12.2 Å². The molecule has 3 aromatic rings. The second-order valence-corrected chi connectivity index (χ2v) is 10.1. The van der Waals surface area contributed by atoms with Gasteiger partial charge >= 0.3 is 5.97 Å². The van der Waals surface area contributed by atoms with E-state index in [1.807, 2.05) is 64.1 Å². The molecule has 2 aromatic heterocycles. The lowest BCUT2D eigenvalue weighted by Crippen LogP contribution is -2.27. The van der Waals surface area contributed by atoms with Crippen LogP contribution in [0.25, 0.3) is 11.1 Å². The molecule has 1 aromatic carbocycles. The van der Waals surface area contributed by atoms with E-state index >= 15 is 0 Å². The van der Waals surface area contributed by atoms with Crippen molar-refractivity contribution in [3.8, 4) is 11.1 Å². The van der Waals surface area contributed by atoms with E-state index in [1.54, 1.807) is 17.4 Å². The third-order valence-electron chi connectivity index (χ3n) is 6.62. The monoisotopic (exact) mass is 501 g/mol. The van der Waals surface area contributed by atoms with Crippen LogP contribution in [0.2, 0.25) is 0 Å². The quantitative estimate of drug-likeness (QED) is 0.245. The maximum Gasteiger partial charge on any atom is 0.341 e. The first kappa shape index (κ1) is 25.5. The van der Waals surface area contributed by atoms with Crippen LogP contribution in [0.15, 0.2) is 42.0 Å². The molecule has 7 heteroatoms. The van der Waals surface area contributed by atoms with Gasteiger partial charge in [0, 0.05) is 16.3 Å². The van der Waals surface area contributed by atoms with Crippen molar-refractivity contribution >= 4 is 29.3 Å². The fraction of sp³-hybridized carbons (Fsp3) is 0.345. The van der Waals surface area contributed by atoms with Gasteiger partial charge in [-0.25, -0.2) is 4.79 Å². The van der Waals surface area contributed by atoms with Crippen LogP contribution < -0.4 is 5.32 Å². The number of thiophene rings is 1. The minimum absolute atomic E-state index is 0.0362. The van der Waals surface area contributed by atoms with Crippen molar-refractivity contribution in [1.82, 2.24) is 9.88 Å². The lowest BCUT2D eigenvalue weighted by Gasteiger charge is -2.14. The number of nitrogens with one attached hydrogen (secondary N) is 1. The summed E-state index contributed by atoms with van der Waals surface area (Å²) < 4.78 is 7.49. The van der Waals surface area contributed by atoms with Crippen molar-refractivity contribution in [1.29, 1.82) is 5.26 Å². The standard InChI is InChI=1S/C29H31N3O3S/c1-5-35-29(34)26-24-13-9-10-14-25(24)36-28(26)32-18(2)15-22(20(32)4)16-23(17-30)27(33)31-19(3)21-11-7-6-8-12-21/h6-8,11-12,15-16,19H,5,9-10,13-14H2,1-4H3,(H,31,33)/b23-16+/t19-/m0/s1. The number of carbonyl (C=O) groups excluding carboxylic acids is 2. The van der Waals surface area contributed by atoms with E-state index in [1.165, 1.54) is 4.88 Å². The molecule has 1 aliphatic rings. The predicted octanol–water partition coefficient (Wildman–Crippen LogP) is 6.00. The summed E-state index contributed by atoms with van der Waals surface area (Å²) in [5, 5.41) is 13.5. The van der Waals surface area contributed by atoms with Gasteiger partial charge in [-0.2, -0.15) is 5.26 Å². The van der Waals surface area contributed by atoms with E-state index in [4.69, 9.17) is 4.74 Å². The van der Waals surface area contributed by atoms with Crippen LogP contribution in [0.3, 0.4) is 0 Å². The van der Waals surface area contributed by atoms with E-state index in [9.17, 15) is 14.9 Å². The number of aryl methyl sites for hydroxylation is 2.